The normalized spacial score (nSPS) is 12.7. The van der Waals surface area contributed by atoms with Crippen LogP contribution in [0.25, 0.3) is 11.3 Å². The Morgan fingerprint density at radius 3 is 3.04 bits per heavy atom. The van der Waals surface area contributed by atoms with Gasteiger partial charge in [-0.3, -0.25) is 5.10 Å². The minimum absolute atomic E-state index is 0.689. The molecule has 0 spiro atoms. The van der Waals surface area contributed by atoms with Gasteiger partial charge in [0.05, 0.1) is 18.5 Å². The maximum Gasteiger partial charge on any atom is 0.124 e. The predicted octanol–water partition coefficient (Wildman–Crippen LogP) is 4.28. The highest BCUT2D eigenvalue weighted by Crippen LogP contribution is 2.32. The second-order valence-electron chi connectivity index (χ2n) is 5.51. The zero-order chi connectivity index (χ0) is 15.6. The van der Waals surface area contributed by atoms with Gasteiger partial charge in [0, 0.05) is 40.4 Å². The number of anilines is 1. The smallest absolute Gasteiger partial charge is 0.124 e. The number of aromatic amines is 1. The average Bonchev–Trinajstić information content (AvgIpc) is 3.22. The first-order chi connectivity index (χ1) is 11.3. The van der Waals surface area contributed by atoms with Crippen molar-refractivity contribution in [1.82, 2.24) is 10.2 Å². The van der Waals surface area contributed by atoms with Gasteiger partial charge in [0.25, 0.3) is 0 Å². The van der Waals surface area contributed by atoms with Gasteiger partial charge in [0.1, 0.15) is 5.75 Å². The lowest BCUT2D eigenvalue weighted by Gasteiger charge is -2.10. The van der Waals surface area contributed by atoms with Gasteiger partial charge in [-0.1, -0.05) is 29.8 Å². The van der Waals surface area contributed by atoms with Crippen LogP contribution in [-0.4, -0.2) is 16.8 Å². The number of hydrogen-bond donors (Lipinski definition) is 2. The van der Waals surface area contributed by atoms with E-state index in [0.29, 0.717) is 11.6 Å². The van der Waals surface area contributed by atoms with E-state index in [1.807, 2.05) is 42.6 Å². The van der Waals surface area contributed by atoms with E-state index in [1.54, 1.807) is 0 Å². The number of nitrogens with one attached hydrogen (secondary N) is 2. The fourth-order valence-corrected chi connectivity index (χ4v) is 3.11. The number of hydrogen-bond acceptors (Lipinski definition) is 3. The number of ether oxygens (including phenoxy) is 1. The van der Waals surface area contributed by atoms with E-state index >= 15 is 0 Å². The van der Waals surface area contributed by atoms with Crippen molar-refractivity contribution in [3.8, 4) is 17.0 Å². The summed E-state index contributed by atoms with van der Waals surface area (Å²) in [5.41, 5.74) is 5.50. The standard InChI is InChI=1S/C18H16ClN3O/c19-14-4-1-3-12(9-14)18-13(11-21-22-18)10-20-16-5-2-6-17-15(16)7-8-23-17/h1-6,9,11,20H,7-8,10H2,(H,21,22). The zero-order valence-corrected chi connectivity index (χ0v) is 13.2. The minimum atomic E-state index is 0.689. The maximum atomic E-state index is 6.09. The Morgan fingerprint density at radius 2 is 2.13 bits per heavy atom. The van der Waals surface area contributed by atoms with Crippen molar-refractivity contribution in [2.45, 2.75) is 13.0 Å². The topological polar surface area (TPSA) is 49.9 Å². The molecule has 0 unspecified atom stereocenters. The molecule has 2 aromatic carbocycles. The van der Waals surface area contributed by atoms with Crippen LogP contribution in [0.2, 0.25) is 5.02 Å². The lowest BCUT2D eigenvalue weighted by atomic mass is 10.1. The SMILES string of the molecule is Clc1cccc(-c2[nH]ncc2CNc2cccc3c2CCO3)c1. The van der Waals surface area contributed by atoms with Crippen molar-refractivity contribution >= 4 is 17.3 Å². The summed E-state index contributed by atoms with van der Waals surface area (Å²) in [7, 11) is 0. The van der Waals surface area contributed by atoms with Crippen molar-refractivity contribution in [1.29, 1.82) is 0 Å². The van der Waals surface area contributed by atoms with Gasteiger partial charge < -0.3 is 10.1 Å². The largest absolute Gasteiger partial charge is 0.493 e. The van der Waals surface area contributed by atoms with Crippen LogP contribution in [0, 0.1) is 0 Å². The predicted molar refractivity (Wildman–Crippen MR) is 92.0 cm³/mol. The maximum absolute atomic E-state index is 6.09. The molecule has 5 heteroatoms. The van der Waals surface area contributed by atoms with Gasteiger partial charge in [-0.2, -0.15) is 5.10 Å². The molecular formula is C18H16ClN3O. The molecule has 0 saturated carbocycles. The Bertz CT molecular complexity index is 844. The van der Waals surface area contributed by atoms with Crippen molar-refractivity contribution in [2.24, 2.45) is 0 Å². The van der Waals surface area contributed by atoms with Crippen LogP contribution in [-0.2, 0) is 13.0 Å². The second-order valence-corrected chi connectivity index (χ2v) is 5.95. The molecule has 0 fully saturated rings. The van der Waals surface area contributed by atoms with Crippen molar-refractivity contribution in [3.05, 3.63) is 64.8 Å². The Balaban J connectivity index is 1.57. The quantitative estimate of drug-likeness (QED) is 0.753. The van der Waals surface area contributed by atoms with Crippen molar-refractivity contribution in [3.63, 3.8) is 0 Å². The first-order valence-electron chi connectivity index (χ1n) is 7.58. The molecule has 23 heavy (non-hydrogen) atoms. The summed E-state index contributed by atoms with van der Waals surface area (Å²) in [6.45, 7) is 1.45. The molecule has 0 atom stereocenters. The van der Waals surface area contributed by atoms with Crippen LogP contribution in [0.1, 0.15) is 11.1 Å². The number of fused-ring (bicyclic) bond motifs is 1. The summed E-state index contributed by atoms with van der Waals surface area (Å²) >= 11 is 6.09. The molecule has 0 saturated heterocycles. The van der Waals surface area contributed by atoms with E-state index in [-0.39, 0.29) is 0 Å². The van der Waals surface area contributed by atoms with Crippen LogP contribution in [0.4, 0.5) is 5.69 Å². The van der Waals surface area contributed by atoms with Crippen LogP contribution >= 0.6 is 11.6 Å². The monoisotopic (exact) mass is 325 g/mol. The minimum Gasteiger partial charge on any atom is -0.493 e. The summed E-state index contributed by atoms with van der Waals surface area (Å²) in [5.74, 6) is 0.984. The fraction of sp³-hybridized carbons (Fsp3) is 0.167. The number of benzene rings is 2. The van der Waals surface area contributed by atoms with Gasteiger partial charge in [-0.15, -0.1) is 0 Å². The number of H-pyrrole nitrogens is 1. The van der Waals surface area contributed by atoms with Gasteiger partial charge in [-0.25, -0.2) is 0 Å². The molecule has 0 amide bonds. The van der Waals surface area contributed by atoms with E-state index in [4.69, 9.17) is 16.3 Å². The first kappa shape index (κ1) is 14.2. The fourth-order valence-electron chi connectivity index (χ4n) is 2.92. The van der Waals surface area contributed by atoms with Crippen LogP contribution in [0.15, 0.2) is 48.7 Å². The molecule has 1 aliphatic heterocycles. The summed E-state index contributed by atoms with van der Waals surface area (Å²) in [6, 6.07) is 13.9. The molecule has 4 nitrogen and oxygen atoms in total. The van der Waals surface area contributed by atoms with Gasteiger partial charge in [0.15, 0.2) is 0 Å². The van der Waals surface area contributed by atoms with E-state index in [0.717, 1.165) is 41.3 Å². The number of aromatic nitrogens is 2. The molecule has 0 aliphatic carbocycles. The first-order valence-corrected chi connectivity index (χ1v) is 7.96. The number of halogens is 1. The summed E-state index contributed by atoms with van der Waals surface area (Å²) < 4.78 is 5.61. The highest BCUT2D eigenvalue weighted by molar-refractivity contribution is 6.30. The van der Waals surface area contributed by atoms with E-state index in [9.17, 15) is 0 Å². The Kier molecular flexibility index (Phi) is 3.67. The van der Waals surface area contributed by atoms with Crippen molar-refractivity contribution in [2.75, 3.05) is 11.9 Å². The summed E-state index contributed by atoms with van der Waals surface area (Å²) in [6.07, 6.45) is 2.80. The highest BCUT2D eigenvalue weighted by Gasteiger charge is 2.16. The molecule has 2 N–H and O–H groups in total. The highest BCUT2D eigenvalue weighted by atomic mass is 35.5. The molecule has 0 bridgehead atoms. The Morgan fingerprint density at radius 1 is 1.22 bits per heavy atom. The van der Waals surface area contributed by atoms with Crippen molar-refractivity contribution < 1.29 is 4.74 Å². The summed E-state index contributed by atoms with van der Waals surface area (Å²) in [5, 5.41) is 11.5. The lowest BCUT2D eigenvalue weighted by molar-refractivity contribution is 0.357. The van der Waals surface area contributed by atoms with Crippen LogP contribution in [0.5, 0.6) is 5.75 Å². The molecular weight excluding hydrogens is 310 g/mol. The lowest BCUT2D eigenvalue weighted by Crippen LogP contribution is -2.02. The third kappa shape index (κ3) is 2.78. The van der Waals surface area contributed by atoms with E-state index in [1.165, 1.54) is 5.56 Å². The van der Waals surface area contributed by atoms with Crippen LogP contribution < -0.4 is 10.1 Å². The average molecular weight is 326 g/mol. The van der Waals surface area contributed by atoms with Crippen LogP contribution in [0.3, 0.4) is 0 Å². The Hall–Kier alpha value is -2.46. The number of nitrogens with zero attached hydrogens (tertiary/aromatic N) is 1. The molecule has 116 valence electrons. The Labute approximate surface area is 139 Å². The molecule has 0 radical (unpaired) electrons. The van der Waals surface area contributed by atoms with Gasteiger partial charge in [0.2, 0.25) is 0 Å². The van der Waals surface area contributed by atoms with Gasteiger partial charge in [-0.05, 0) is 24.3 Å². The molecule has 2 heterocycles. The molecule has 1 aliphatic rings. The third-order valence-corrected chi connectivity index (χ3v) is 4.28. The molecule has 1 aromatic heterocycles. The molecule has 4 rings (SSSR count). The van der Waals surface area contributed by atoms with Gasteiger partial charge >= 0.3 is 0 Å². The van der Waals surface area contributed by atoms with E-state index in [2.05, 4.69) is 21.6 Å². The number of rotatable bonds is 4. The zero-order valence-electron chi connectivity index (χ0n) is 12.5. The van der Waals surface area contributed by atoms with E-state index < -0.39 is 0 Å². The third-order valence-electron chi connectivity index (χ3n) is 4.04. The summed E-state index contributed by atoms with van der Waals surface area (Å²) in [4.78, 5) is 0. The molecule has 3 aromatic rings. The second kappa shape index (κ2) is 5.97.